The highest BCUT2D eigenvalue weighted by atomic mass is 16.2. The molecule has 1 atom stereocenters. The first-order valence-electron chi connectivity index (χ1n) is 15.1. The second-order valence-corrected chi connectivity index (χ2v) is 12.1. The number of hydrogen-bond acceptors (Lipinski definition) is 5. The van der Waals surface area contributed by atoms with E-state index in [4.69, 9.17) is 5.73 Å². The Kier molecular flexibility index (Phi) is 7.38. The van der Waals surface area contributed by atoms with Crippen LogP contribution in [0.4, 0.5) is 5.69 Å². The Morgan fingerprint density at radius 2 is 1.46 bits per heavy atom. The van der Waals surface area contributed by atoms with E-state index in [1.807, 2.05) is 21.9 Å². The van der Waals surface area contributed by atoms with E-state index in [2.05, 4.69) is 47.7 Å². The number of fused-ring (bicyclic) bond motifs is 1. The van der Waals surface area contributed by atoms with Crippen molar-refractivity contribution in [3.8, 4) is 11.1 Å². The van der Waals surface area contributed by atoms with E-state index in [9.17, 15) is 9.59 Å². The maximum absolute atomic E-state index is 13.3. The lowest BCUT2D eigenvalue weighted by molar-refractivity contribution is -0.135. The van der Waals surface area contributed by atoms with Crippen molar-refractivity contribution in [1.29, 1.82) is 0 Å². The van der Waals surface area contributed by atoms with Crippen LogP contribution in [0.25, 0.3) is 11.1 Å². The van der Waals surface area contributed by atoms with Gasteiger partial charge in [0, 0.05) is 43.3 Å². The molecule has 6 rings (SSSR count). The van der Waals surface area contributed by atoms with Gasteiger partial charge in [-0.25, -0.2) is 5.43 Å². The lowest BCUT2D eigenvalue weighted by Gasteiger charge is -2.36. The van der Waals surface area contributed by atoms with Crippen LogP contribution in [0.5, 0.6) is 0 Å². The number of piperazine rings is 1. The van der Waals surface area contributed by atoms with Crippen LogP contribution in [-0.4, -0.2) is 59.4 Å². The van der Waals surface area contributed by atoms with Crippen molar-refractivity contribution >= 4 is 17.5 Å². The Labute approximate surface area is 232 Å². The summed E-state index contributed by atoms with van der Waals surface area (Å²) in [5.41, 5.74) is 15.0. The number of nitrogens with one attached hydrogen (secondary N) is 1. The van der Waals surface area contributed by atoms with Crippen LogP contribution in [0.15, 0.2) is 42.5 Å². The van der Waals surface area contributed by atoms with E-state index in [1.54, 1.807) is 0 Å². The Bertz CT molecular complexity index is 1190. The molecule has 2 heterocycles. The van der Waals surface area contributed by atoms with Crippen LogP contribution in [-0.2, 0) is 4.79 Å². The molecule has 7 nitrogen and oxygen atoms in total. The molecule has 1 saturated heterocycles. The van der Waals surface area contributed by atoms with E-state index < -0.39 is 5.54 Å². The van der Waals surface area contributed by atoms with Crippen LogP contribution in [0, 0.1) is 0 Å². The molecule has 0 spiro atoms. The number of anilines is 1. The van der Waals surface area contributed by atoms with Crippen molar-refractivity contribution in [2.75, 3.05) is 31.2 Å². The molecule has 2 aliphatic heterocycles. The van der Waals surface area contributed by atoms with Gasteiger partial charge in [0.25, 0.3) is 5.91 Å². The van der Waals surface area contributed by atoms with Gasteiger partial charge in [0.2, 0.25) is 5.91 Å². The average molecular weight is 530 g/mol. The summed E-state index contributed by atoms with van der Waals surface area (Å²) in [5, 5.41) is 2.48. The summed E-state index contributed by atoms with van der Waals surface area (Å²) >= 11 is 0. The quantitative estimate of drug-likeness (QED) is 0.581. The molecule has 0 aromatic heterocycles. The Morgan fingerprint density at radius 3 is 2.10 bits per heavy atom. The number of carbonyl (C=O) groups excluding carboxylic acids is 2. The van der Waals surface area contributed by atoms with E-state index in [-0.39, 0.29) is 17.9 Å². The van der Waals surface area contributed by atoms with Crippen molar-refractivity contribution in [2.24, 2.45) is 5.73 Å². The molecule has 2 aromatic carbocycles. The van der Waals surface area contributed by atoms with Gasteiger partial charge in [0.15, 0.2) is 0 Å². The number of carbonyl (C=O) groups is 2. The van der Waals surface area contributed by atoms with Gasteiger partial charge in [-0.15, -0.1) is 0 Å². The zero-order valence-electron chi connectivity index (χ0n) is 23.3. The maximum Gasteiger partial charge on any atom is 0.253 e. The molecule has 0 radical (unpaired) electrons. The first kappa shape index (κ1) is 26.3. The molecule has 0 bridgehead atoms. The van der Waals surface area contributed by atoms with Crippen LogP contribution in [0.2, 0.25) is 0 Å². The van der Waals surface area contributed by atoms with Gasteiger partial charge >= 0.3 is 0 Å². The zero-order valence-corrected chi connectivity index (χ0v) is 23.3. The molecule has 7 heteroatoms. The standard InChI is InChI=1S/C32H43N5O2/c1-23-27-11-8-12-28(29(27)37(34-23)26-9-6-4-2-3-5-7-10-26)24-13-15-25(16-14-24)30(38)35-19-21-36(22-20-35)31(39)32(33)17-18-32/h8,11-16,23,26,34H,2-7,9-10,17-22,33H2,1H3. The minimum atomic E-state index is -0.642. The summed E-state index contributed by atoms with van der Waals surface area (Å²) < 4.78 is 0. The van der Waals surface area contributed by atoms with Crippen LogP contribution >= 0.6 is 0 Å². The number of hydrazine groups is 1. The smallest absolute Gasteiger partial charge is 0.253 e. The molecule has 2 saturated carbocycles. The first-order chi connectivity index (χ1) is 18.9. The highest BCUT2D eigenvalue weighted by Gasteiger charge is 2.48. The van der Waals surface area contributed by atoms with Gasteiger partial charge in [0.1, 0.15) is 0 Å². The third-order valence-electron chi connectivity index (χ3n) is 9.31. The van der Waals surface area contributed by atoms with Gasteiger partial charge in [-0.3, -0.25) is 9.59 Å². The second-order valence-electron chi connectivity index (χ2n) is 12.1. The Balaban J connectivity index is 1.17. The Morgan fingerprint density at radius 1 is 0.846 bits per heavy atom. The van der Waals surface area contributed by atoms with Crippen molar-refractivity contribution < 1.29 is 9.59 Å². The fraction of sp³-hybridized carbons (Fsp3) is 0.562. The van der Waals surface area contributed by atoms with Crippen molar-refractivity contribution in [3.63, 3.8) is 0 Å². The molecule has 1 unspecified atom stereocenters. The lowest BCUT2D eigenvalue weighted by atomic mass is 9.96. The van der Waals surface area contributed by atoms with Crippen molar-refractivity contribution in [2.45, 2.75) is 88.8 Å². The van der Waals surface area contributed by atoms with Gasteiger partial charge in [0.05, 0.1) is 17.3 Å². The van der Waals surface area contributed by atoms with E-state index in [1.165, 1.54) is 68.2 Å². The maximum atomic E-state index is 13.3. The highest BCUT2D eigenvalue weighted by Crippen LogP contribution is 2.43. The molecular weight excluding hydrogens is 486 g/mol. The van der Waals surface area contributed by atoms with Gasteiger partial charge in [-0.1, -0.05) is 68.9 Å². The molecule has 39 heavy (non-hydrogen) atoms. The molecular formula is C32H43N5O2. The Hall–Kier alpha value is -2.90. The number of nitrogens with two attached hydrogens (primary N) is 1. The molecule has 3 N–H and O–H groups in total. The number of amides is 2. The first-order valence-corrected chi connectivity index (χ1v) is 15.1. The lowest BCUT2D eigenvalue weighted by Crippen LogP contribution is -2.55. The molecule has 2 aromatic rings. The second kappa shape index (κ2) is 10.9. The topological polar surface area (TPSA) is 81.9 Å². The average Bonchev–Trinajstić information content (AvgIpc) is 3.59. The summed E-state index contributed by atoms with van der Waals surface area (Å²) in [5.74, 6) is 0.0745. The zero-order chi connectivity index (χ0) is 27.0. The molecule has 208 valence electrons. The normalized spacial score (nSPS) is 23.5. The highest BCUT2D eigenvalue weighted by molar-refractivity contribution is 5.95. The van der Waals surface area contributed by atoms with Gasteiger partial charge in [-0.2, -0.15) is 0 Å². The molecule has 2 aliphatic carbocycles. The number of hydrogen-bond donors (Lipinski definition) is 2. The minimum absolute atomic E-state index is 0.0309. The van der Waals surface area contributed by atoms with Crippen molar-refractivity contribution in [1.82, 2.24) is 15.2 Å². The van der Waals surface area contributed by atoms with Gasteiger partial charge in [-0.05, 0) is 55.9 Å². The third kappa shape index (κ3) is 5.31. The third-order valence-corrected chi connectivity index (χ3v) is 9.31. The van der Waals surface area contributed by atoms with E-state index in [0.29, 0.717) is 37.8 Å². The fourth-order valence-electron chi connectivity index (χ4n) is 6.66. The monoisotopic (exact) mass is 529 g/mol. The predicted octanol–water partition coefficient (Wildman–Crippen LogP) is 5.02. The van der Waals surface area contributed by atoms with Gasteiger partial charge < -0.3 is 20.5 Å². The summed E-state index contributed by atoms with van der Waals surface area (Å²) in [6, 6.07) is 15.5. The largest absolute Gasteiger partial charge is 0.338 e. The van der Waals surface area contributed by atoms with Crippen LogP contribution in [0.1, 0.15) is 93.1 Å². The molecule has 4 aliphatic rings. The summed E-state index contributed by atoms with van der Waals surface area (Å²) in [4.78, 5) is 29.5. The number of nitrogens with zero attached hydrogens (tertiary/aromatic N) is 3. The van der Waals surface area contributed by atoms with E-state index >= 15 is 0 Å². The molecule has 2 amide bonds. The number of para-hydroxylation sites is 1. The number of rotatable bonds is 4. The fourth-order valence-corrected chi connectivity index (χ4v) is 6.66. The van der Waals surface area contributed by atoms with Crippen LogP contribution in [0.3, 0.4) is 0 Å². The van der Waals surface area contributed by atoms with Crippen LogP contribution < -0.4 is 16.2 Å². The number of benzene rings is 2. The summed E-state index contributed by atoms with van der Waals surface area (Å²) in [6.07, 6.45) is 12.0. The predicted molar refractivity (Wildman–Crippen MR) is 155 cm³/mol. The molecule has 3 fully saturated rings. The summed E-state index contributed by atoms with van der Waals surface area (Å²) in [7, 11) is 0. The van der Waals surface area contributed by atoms with E-state index in [0.717, 1.165) is 18.4 Å². The van der Waals surface area contributed by atoms with Crippen molar-refractivity contribution in [3.05, 3.63) is 53.6 Å². The summed E-state index contributed by atoms with van der Waals surface area (Å²) in [6.45, 7) is 4.47. The minimum Gasteiger partial charge on any atom is -0.338 e. The SMILES string of the molecule is CC1NN(C2CCCCCCCC2)c2c(-c3ccc(C(=O)N4CCN(C(=O)C5(N)CC5)CC4)cc3)cccc21.